The summed E-state index contributed by atoms with van der Waals surface area (Å²) < 4.78 is 1.65. The van der Waals surface area contributed by atoms with Gasteiger partial charge in [-0.15, -0.1) is 0 Å². The van der Waals surface area contributed by atoms with Crippen LogP contribution in [-0.4, -0.2) is 54.5 Å². The molecular formula is C24H29N7O. The minimum Gasteiger partial charge on any atom is -0.308 e. The Morgan fingerprint density at radius 2 is 1.81 bits per heavy atom. The van der Waals surface area contributed by atoms with Gasteiger partial charge >= 0.3 is 0 Å². The number of aromatic nitrogens is 5. The highest BCUT2D eigenvalue weighted by molar-refractivity contribution is 5.75. The van der Waals surface area contributed by atoms with Crippen molar-refractivity contribution in [1.82, 2.24) is 29.3 Å². The number of hydrogen-bond donors (Lipinski definition) is 0. The summed E-state index contributed by atoms with van der Waals surface area (Å²) in [6.07, 6.45) is 3.77. The summed E-state index contributed by atoms with van der Waals surface area (Å²) in [5.74, 6) is 0. The lowest BCUT2D eigenvalue weighted by Gasteiger charge is -2.47. The molecule has 0 N–H and O–H groups in total. The van der Waals surface area contributed by atoms with Gasteiger partial charge in [0.2, 0.25) is 0 Å². The summed E-state index contributed by atoms with van der Waals surface area (Å²) in [5, 5.41) is 7.03. The van der Waals surface area contributed by atoms with Gasteiger partial charge in [0, 0.05) is 37.9 Å². The van der Waals surface area contributed by atoms with Crippen molar-refractivity contribution in [1.29, 1.82) is 0 Å². The molecule has 1 aliphatic heterocycles. The molecule has 8 nitrogen and oxygen atoms in total. The first kappa shape index (κ1) is 20.6. The molecule has 8 heteroatoms. The van der Waals surface area contributed by atoms with Crippen LogP contribution in [0.5, 0.6) is 0 Å². The quantitative estimate of drug-likeness (QED) is 0.497. The lowest BCUT2D eigenvalue weighted by molar-refractivity contribution is 0.103. The fraction of sp³-hybridized carbons (Fsp3) is 0.417. The predicted octanol–water partition coefficient (Wildman–Crippen LogP) is 2.78. The second kappa shape index (κ2) is 7.70. The van der Waals surface area contributed by atoms with E-state index in [1.807, 2.05) is 24.1 Å². The van der Waals surface area contributed by atoms with Crippen molar-refractivity contribution in [3.8, 4) is 0 Å². The molecule has 0 unspecified atom stereocenters. The molecule has 5 rings (SSSR count). The average Bonchev–Trinajstić information content (AvgIpc) is 3.21. The van der Waals surface area contributed by atoms with Gasteiger partial charge in [-0.2, -0.15) is 9.89 Å². The van der Waals surface area contributed by atoms with Crippen LogP contribution < -0.4 is 10.6 Å². The van der Waals surface area contributed by atoms with E-state index in [9.17, 15) is 4.79 Å². The molecule has 0 saturated carbocycles. The van der Waals surface area contributed by atoms with E-state index >= 15 is 0 Å². The standard InChI is InChI=1S/C24H29N7O/c1-15-11-25-20-7-6-19(10-22(20)26-15)18(4)29-12-17(3)30(13-16(29)2)31-14-23-21(27-31)8-9-24(32)28(23)5/h6-11,14,16-18H,12-13H2,1-5H3/t16-,17+,18+/m1/s1. The Morgan fingerprint density at radius 3 is 2.62 bits per heavy atom. The second-order valence-electron chi connectivity index (χ2n) is 9.00. The first-order valence-corrected chi connectivity index (χ1v) is 11.1. The van der Waals surface area contributed by atoms with Gasteiger partial charge in [-0.25, -0.2) is 4.98 Å². The SMILES string of the molecule is Cc1cnc2ccc([C@H](C)N3C[C@H](C)N(n4cc5c(ccc(=O)n5C)n4)C[C@H]3C)cc2n1. The molecule has 3 aromatic heterocycles. The molecule has 1 aliphatic rings. The fourth-order valence-corrected chi connectivity index (χ4v) is 4.79. The highest BCUT2D eigenvalue weighted by Crippen LogP contribution is 2.28. The molecule has 4 heterocycles. The molecule has 0 aliphatic carbocycles. The molecule has 166 valence electrons. The second-order valence-corrected chi connectivity index (χ2v) is 9.00. The van der Waals surface area contributed by atoms with E-state index in [0.29, 0.717) is 6.04 Å². The first-order valence-electron chi connectivity index (χ1n) is 11.1. The zero-order chi connectivity index (χ0) is 22.6. The molecule has 1 saturated heterocycles. The Morgan fingerprint density at radius 1 is 1.03 bits per heavy atom. The Balaban J connectivity index is 1.40. The van der Waals surface area contributed by atoms with Gasteiger partial charge in [0.15, 0.2) is 0 Å². The van der Waals surface area contributed by atoms with Crippen LogP contribution in [0.1, 0.15) is 38.1 Å². The monoisotopic (exact) mass is 431 g/mol. The Labute approximate surface area is 187 Å². The van der Waals surface area contributed by atoms with Crippen LogP contribution in [0, 0.1) is 6.92 Å². The summed E-state index contributed by atoms with van der Waals surface area (Å²) in [4.78, 5) is 25.6. The van der Waals surface area contributed by atoms with E-state index in [-0.39, 0.29) is 17.6 Å². The number of benzene rings is 1. The van der Waals surface area contributed by atoms with Gasteiger partial charge in [-0.3, -0.25) is 19.7 Å². The zero-order valence-electron chi connectivity index (χ0n) is 19.2. The number of nitrogens with zero attached hydrogens (tertiary/aromatic N) is 7. The molecule has 32 heavy (non-hydrogen) atoms. The molecule has 0 amide bonds. The maximum Gasteiger partial charge on any atom is 0.250 e. The van der Waals surface area contributed by atoms with Crippen molar-refractivity contribution in [3.63, 3.8) is 0 Å². The maximum absolute atomic E-state index is 12.0. The van der Waals surface area contributed by atoms with Crippen LogP contribution in [0.2, 0.25) is 0 Å². The van der Waals surface area contributed by atoms with Crippen LogP contribution >= 0.6 is 0 Å². The van der Waals surface area contributed by atoms with Crippen molar-refractivity contribution < 1.29 is 0 Å². The highest BCUT2D eigenvalue weighted by Gasteiger charge is 2.33. The summed E-state index contributed by atoms with van der Waals surface area (Å²) in [6.45, 7) is 10.5. The number of pyridine rings is 1. The molecule has 4 aromatic rings. The smallest absolute Gasteiger partial charge is 0.250 e. The zero-order valence-corrected chi connectivity index (χ0v) is 19.2. The molecule has 3 atom stereocenters. The lowest BCUT2D eigenvalue weighted by Crippen LogP contribution is -2.60. The van der Waals surface area contributed by atoms with Gasteiger partial charge < -0.3 is 4.57 Å². The predicted molar refractivity (Wildman–Crippen MR) is 126 cm³/mol. The first-order chi connectivity index (χ1) is 15.3. The number of piperazine rings is 1. The van der Waals surface area contributed by atoms with Gasteiger partial charge in [-0.05, 0) is 51.5 Å². The summed E-state index contributed by atoms with van der Waals surface area (Å²) >= 11 is 0. The van der Waals surface area contributed by atoms with Gasteiger partial charge in [0.05, 0.1) is 41.0 Å². The number of rotatable bonds is 3. The van der Waals surface area contributed by atoms with Gasteiger partial charge in [0.1, 0.15) is 5.52 Å². The van der Waals surface area contributed by atoms with Gasteiger partial charge in [-0.1, -0.05) is 6.07 Å². The third-order valence-corrected chi connectivity index (χ3v) is 6.72. The van der Waals surface area contributed by atoms with Crippen LogP contribution in [-0.2, 0) is 7.05 Å². The third-order valence-electron chi connectivity index (χ3n) is 6.72. The minimum absolute atomic E-state index is 0.0209. The fourth-order valence-electron chi connectivity index (χ4n) is 4.79. The van der Waals surface area contributed by atoms with Crippen molar-refractivity contribution in [3.05, 3.63) is 64.3 Å². The Bertz CT molecular complexity index is 1360. The maximum atomic E-state index is 12.0. The minimum atomic E-state index is -0.0209. The number of aryl methyl sites for hydroxylation is 2. The largest absolute Gasteiger partial charge is 0.308 e. The molecule has 1 aromatic carbocycles. The van der Waals surface area contributed by atoms with Crippen LogP contribution in [0.4, 0.5) is 0 Å². The van der Waals surface area contributed by atoms with E-state index in [2.05, 4.69) is 58.8 Å². The van der Waals surface area contributed by atoms with Crippen molar-refractivity contribution in [2.24, 2.45) is 7.05 Å². The topological polar surface area (TPSA) is 72.1 Å². The van der Waals surface area contributed by atoms with Crippen LogP contribution in [0.25, 0.3) is 22.1 Å². The van der Waals surface area contributed by atoms with Gasteiger partial charge in [0.25, 0.3) is 5.56 Å². The van der Waals surface area contributed by atoms with E-state index in [4.69, 9.17) is 5.10 Å². The normalized spacial score (nSPS) is 20.8. The molecule has 0 spiro atoms. The number of hydrogen-bond acceptors (Lipinski definition) is 6. The van der Waals surface area contributed by atoms with E-state index in [1.165, 1.54) is 5.56 Å². The van der Waals surface area contributed by atoms with E-state index in [1.54, 1.807) is 23.7 Å². The third kappa shape index (κ3) is 3.44. The van der Waals surface area contributed by atoms with Crippen LogP contribution in [0.15, 0.2) is 47.5 Å². The number of fused-ring (bicyclic) bond motifs is 2. The molecule has 1 fully saturated rings. The van der Waals surface area contributed by atoms with Crippen LogP contribution in [0.3, 0.4) is 0 Å². The summed E-state index contributed by atoms with van der Waals surface area (Å²) in [6, 6.07) is 10.6. The Kier molecular flexibility index (Phi) is 4.97. The highest BCUT2D eigenvalue weighted by atomic mass is 16.1. The van der Waals surface area contributed by atoms with Crippen molar-refractivity contribution in [2.75, 3.05) is 18.1 Å². The Hall–Kier alpha value is -3.26. The van der Waals surface area contributed by atoms with E-state index in [0.717, 1.165) is 40.9 Å². The molecule has 0 radical (unpaired) electrons. The van der Waals surface area contributed by atoms with E-state index < -0.39 is 0 Å². The van der Waals surface area contributed by atoms with Crippen molar-refractivity contribution >= 4 is 22.1 Å². The summed E-state index contributed by atoms with van der Waals surface area (Å²) in [7, 11) is 1.79. The average molecular weight is 432 g/mol. The lowest BCUT2D eigenvalue weighted by atomic mass is 10.0. The van der Waals surface area contributed by atoms with Crippen molar-refractivity contribution in [2.45, 2.75) is 45.8 Å². The molecular weight excluding hydrogens is 402 g/mol. The summed E-state index contributed by atoms with van der Waals surface area (Å²) in [5.41, 5.74) is 5.72. The molecule has 0 bridgehead atoms.